The highest BCUT2D eigenvalue weighted by Crippen LogP contribution is 2.20. The Kier molecular flexibility index (Phi) is 6.42. The summed E-state index contributed by atoms with van der Waals surface area (Å²) in [5, 5.41) is 0. The van der Waals surface area contributed by atoms with Crippen LogP contribution in [0.2, 0.25) is 0 Å². The van der Waals surface area contributed by atoms with Gasteiger partial charge in [-0.3, -0.25) is 0 Å². The Balaban J connectivity index is 1.62. The van der Waals surface area contributed by atoms with Gasteiger partial charge in [-0.15, -0.1) is 0 Å². The van der Waals surface area contributed by atoms with E-state index in [-0.39, 0.29) is 50.8 Å². The van der Waals surface area contributed by atoms with E-state index in [0.29, 0.717) is 26.1 Å². The molecule has 0 aromatic rings. The van der Waals surface area contributed by atoms with Crippen molar-refractivity contribution in [2.24, 2.45) is 0 Å². The van der Waals surface area contributed by atoms with Crippen LogP contribution in [0.5, 0.6) is 0 Å². The van der Waals surface area contributed by atoms with E-state index >= 15 is 0 Å². The Morgan fingerprint density at radius 1 is 0.667 bits per heavy atom. The smallest absolute Gasteiger partial charge is 0.332 e. The molecule has 0 saturated carbocycles. The Labute approximate surface area is 140 Å². The Morgan fingerprint density at radius 3 is 1.58 bits per heavy atom. The lowest BCUT2D eigenvalue weighted by atomic mass is 10.1. The lowest BCUT2D eigenvalue weighted by Crippen LogP contribution is -2.44. The molecule has 0 radical (unpaired) electrons. The van der Waals surface area contributed by atoms with Crippen molar-refractivity contribution < 1.29 is 38.0 Å². The molecule has 0 N–H and O–H groups in total. The molecule has 0 bridgehead atoms. The second-order valence-corrected chi connectivity index (χ2v) is 6.19. The molecule has 4 atom stereocenters. The molecule has 8 heteroatoms. The average Bonchev–Trinajstić information content (AvgIpc) is 2.57. The van der Waals surface area contributed by atoms with Gasteiger partial charge in [-0.2, -0.15) is 0 Å². The van der Waals surface area contributed by atoms with E-state index in [9.17, 15) is 9.59 Å². The fourth-order valence-corrected chi connectivity index (χ4v) is 3.13. The summed E-state index contributed by atoms with van der Waals surface area (Å²) in [6, 6.07) is 0. The molecule has 0 unspecified atom stereocenters. The lowest BCUT2D eigenvalue weighted by Gasteiger charge is -2.33. The SMILES string of the molecule is O=C1COC[C@H]2OCCC[C@H]2OC(=O)COC[C@H]2OCCC[C@H]2O1. The average molecular weight is 344 g/mol. The van der Waals surface area contributed by atoms with Gasteiger partial charge in [-0.05, 0) is 25.7 Å². The van der Waals surface area contributed by atoms with Crippen molar-refractivity contribution in [2.75, 3.05) is 39.6 Å². The number of rotatable bonds is 0. The second-order valence-electron chi connectivity index (χ2n) is 6.19. The number of carbonyl (C=O) groups excluding carboxylic acids is 2. The molecule has 136 valence electrons. The molecule has 3 fully saturated rings. The summed E-state index contributed by atoms with van der Waals surface area (Å²) in [5.41, 5.74) is 0. The summed E-state index contributed by atoms with van der Waals surface area (Å²) >= 11 is 0. The van der Waals surface area contributed by atoms with Crippen LogP contribution < -0.4 is 0 Å². The predicted molar refractivity (Wildman–Crippen MR) is 79.3 cm³/mol. The number of hydrogen-bond acceptors (Lipinski definition) is 8. The first kappa shape index (κ1) is 17.6. The van der Waals surface area contributed by atoms with Crippen LogP contribution in [0, 0.1) is 0 Å². The Morgan fingerprint density at radius 2 is 1.12 bits per heavy atom. The van der Waals surface area contributed by atoms with Gasteiger partial charge in [0.2, 0.25) is 0 Å². The predicted octanol–water partition coefficient (Wildman–Crippen LogP) is 0.215. The number of carbonyl (C=O) groups is 2. The molecule has 24 heavy (non-hydrogen) atoms. The van der Waals surface area contributed by atoms with Gasteiger partial charge in [0.25, 0.3) is 0 Å². The van der Waals surface area contributed by atoms with E-state index in [0.717, 1.165) is 12.8 Å². The van der Waals surface area contributed by atoms with Gasteiger partial charge in [0.05, 0.1) is 13.2 Å². The summed E-state index contributed by atoms with van der Waals surface area (Å²) in [5.74, 6) is -0.867. The van der Waals surface area contributed by atoms with Gasteiger partial charge >= 0.3 is 11.9 Å². The number of esters is 2. The first-order valence-corrected chi connectivity index (χ1v) is 8.50. The zero-order valence-corrected chi connectivity index (χ0v) is 13.6. The van der Waals surface area contributed by atoms with Gasteiger partial charge < -0.3 is 28.4 Å². The quantitative estimate of drug-likeness (QED) is 0.576. The third kappa shape index (κ3) is 4.89. The molecular weight excluding hydrogens is 320 g/mol. The summed E-state index contributed by atoms with van der Waals surface area (Å²) in [4.78, 5) is 23.9. The third-order valence-corrected chi connectivity index (χ3v) is 4.33. The summed E-state index contributed by atoms with van der Waals surface area (Å²) in [6.45, 7) is 1.21. The maximum absolute atomic E-state index is 12.0. The molecule has 0 spiro atoms. The van der Waals surface area contributed by atoms with Crippen molar-refractivity contribution in [3.63, 3.8) is 0 Å². The highest BCUT2D eigenvalue weighted by molar-refractivity contribution is 5.71. The molecule has 3 rings (SSSR count). The first-order valence-electron chi connectivity index (χ1n) is 8.50. The molecular formula is C16H24O8. The fraction of sp³-hybridized carbons (Fsp3) is 0.875. The zero-order chi connectivity index (χ0) is 16.8. The van der Waals surface area contributed by atoms with Crippen LogP contribution in [0.4, 0.5) is 0 Å². The van der Waals surface area contributed by atoms with E-state index in [1.807, 2.05) is 0 Å². The molecule has 0 amide bonds. The van der Waals surface area contributed by atoms with Gasteiger partial charge in [-0.25, -0.2) is 9.59 Å². The highest BCUT2D eigenvalue weighted by atomic mass is 16.6. The summed E-state index contributed by atoms with van der Waals surface area (Å²) in [7, 11) is 0. The van der Waals surface area contributed by atoms with E-state index in [2.05, 4.69) is 0 Å². The maximum atomic E-state index is 12.0. The number of hydrogen-bond donors (Lipinski definition) is 0. The van der Waals surface area contributed by atoms with Gasteiger partial charge in [0.15, 0.2) is 0 Å². The van der Waals surface area contributed by atoms with Gasteiger partial charge in [0, 0.05) is 13.2 Å². The van der Waals surface area contributed by atoms with Crippen LogP contribution in [0.1, 0.15) is 25.7 Å². The largest absolute Gasteiger partial charge is 0.458 e. The maximum Gasteiger partial charge on any atom is 0.332 e. The Hall–Kier alpha value is -1.22. The van der Waals surface area contributed by atoms with Crippen molar-refractivity contribution in [3.05, 3.63) is 0 Å². The second kappa shape index (κ2) is 8.75. The molecule has 3 heterocycles. The molecule has 0 aromatic carbocycles. The van der Waals surface area contributed by atoms with Crippen molar-refractivity contribution in [3.8, 4) is 0 Å². The van der Waals surface area contributed by atoms with Crippen LogP contribution in [-0.4, -0.2) is 76.0 Å². The first-order chi connectivity index (χ1) is 11.7. The highest BCUT2D eigenvalue weighted by Gasteiger charge is 2.32. The standard InChI is InChI=1S/C16H24O8/c17-15-9-20-8-14-12(4-2-6-22-14)24-16(18)10-19-7-13-11(23-15)3-1-5-21-13/h11-14H,1-10H2/t11-,12-,13-,14-/m1/s1. The van der Waals surface area contributed by atoms with Crippen molar-refractivity contribution in [1.82, 2.24) is 0 Å². The monoisotopic (exact) mass is 344 g/mol. The lowest BCUT2D eigenvalue weighted by molar-refractivity contribution is -0.188. The minimum Gasteiger partial charge on any atom is -0.458 e. The molecule has 3 saturated heterocycles. The third-order valence-electron chi connectivity index (χ3n) is 4.33. The van der Waals surface area contributed by atoms with Gasteiger partial charge in [0.1, 0.15) is 37.6 Å². The van der Waals surface area contributed by atoms with Crippen LogP contribution in [0.3, 0.4) is 0 Å². The summed E-state index contributed by atoms with van der Waals surface area (Å²) in [6.07, 6.45) is 1.54. The van der Waals surface area contributed by atoms with Crippen molar-refractivity contribution in [1.29, 1.82) is 0 Å². The van der Waals surface area contributed by atoms with Crippen LogP contribution in [0.15, 0.2) is 0 Å². The molecule has 0 aromatic heterocycles. The van der Waals surface area contributed by atoms with E-state index in [1.165, 1.54) is 0 Å². The van der Waals surface area contributed by atoms with E-state index in [4.69, 9.17) is 28.4 Å². The van der Waals surface area contributed by atoms with Crippen molar-refractivity contribution >= 4 is 11.9 Å². The molecule has 8 nitrogen and oxygen atoms in total. The van der Waals surface area contributed by atoms with Crippen LogP contribution >= 0.6 is 0 Å². The Bertz CT molecular complexity index is 400. The minimum atomic E-state index is -0.433. The van der Waals surface area contributed by atoms with E-state index in [1.54, 1.807) is 0 Å². The number of ether oxygens (including phenoxy) is 6. The van der Waals surface area contributed by atoms with Gasteiger partial charge in [-0.1, -0.05) is 0 Å². The molecule has 3 aliphatic heterocycles. The van der Waals surface area contributed by atoms with E-state index < -0.39 is 11.9 Å². The fourth-order valence-electron chi connectivity index (χ4n) is 3.13. The minimum absolute atomic E-state index is 0.162. The normalized spacial score (nSPS) is 36.5. The summed E-state index contributed by atoms with van der Waals surface area (Å²) < 4.78 is 32.9. The molecule has 0 aliphatic carbocycles. The van der Waals surface area contributed by atoms with Crippen molar-refractivity contribution in [2.45, 2.75) is 50.1 Å². The molecule has 3 aliphatic rings. The van der Waals surface area contributed by atoms with Crippen LogP contribution in [-0.2, 0) is 38.0 Å². The zero-order valence-electron chi connectivity index (χ0n) is 13.6. The topological polar surface area (TPSA) is 89.5 Å². The number of fused-ring (bicyclic) bond motifs is 2. The van der Waals surface area contributed by atoms with Crippen LogP contribution in [0.25, 0.3) is 0 Å².